The largest absolute Gasteiger partial charge is 0.429 e. The number of rotatable bonds is 6. The van der Waals surface area contributed by atoms with Crippen molar-refractivity contribution in [3.63, 3.8) is 0 Å². The smallest absolute Gasteiger partial charge is 0.270 e. The second-order valence-electron chi connectivity index (χ2n) is 7.11. The van der Waals surface area contributed by atoms with Crippen LogP contribution in [0.3, 0.4) is 0 Å². The number of ether oxygens (including phenoxy) is 1. The van der Waals surface area contributed by atoms with Gasteiger partial charge in [0.1, 0.15) is 0 Å². The molecule has 8 heteroatoms. The van der Waals surface area contributed by atoms with Crippen LogP contribution in [0.1, 0.15) is 0 Å². The zero-order valence-corrected chi connectivity index (χ0v) is 17.2. The predicted molar refractivity (Wildman–Crippen MR) is 116 cm³/mol. The molecule has 29 heavy (non-hydrogen) atoms. The van der Waals surface area contributed by atoms with Crippen LogP contribution < -0.4 is 10.2 Å². The number of hydrogen-bond donors (Lipinski definition) is 1. The van der Waals surface area contributed by atoms with Crippen molar-refractivity contribution < 1.29 is 13.9 Å². The maximum atomic E-state index is 12.4. The summed E-state index contributed by atoms with van der Waals surface area (Å²) >= 11 is 5.31. The van der Waals surface area contributed by atoms with E-state index in [1.54, 1.807) is 0 Å². The minimum atomic E-state index is -0.0778. The molecule has 0 atom stereocenters. The van der Waals surface area contributed by atoms with E-state index in [9.17, 15) is 4.79 Å². The summed E-state index contributed by atoms with van der Waals surface area (Å²) in [5.41, 5.74) is 3.59. The molecule has 0 unspecified atom stereocenters. The fraction of sp³-hybridized carbons (Fsp3) is 0.333. The summed E-state index contributed by atoms with van der Waals surface area (Å²) in [5, 5.41) is 2.95. The first kappa shape index (κ1) is 19.6. The Morgan fingerprint density at radius 3 is 2.62 bits per heavy atom. The molecule has 1 fully saturated rings. The minimum absolute atomic E-state index is 0.0778. The van der Waals surface area contributed by atoms with Gasteiger partial charge in [0, 0.05) is 24.5 Å². The number of carbonyl (C=O) groups is 1. The number of likely N-dealkylation sites (N-methyl/N-ethyl adjacent to an activating group) is 1. The maximum Gasteiger partial charge on any atom is 0.270 e. The molecule has 152 valence electrons. The lowest BCUT2D eigenvalue weighted by Gasteiger charge is -2.28. The van der Waals surface area contributed by atoms with Gasteiger partial charge in [0.05, 0.1) is 31.9 Å². The standard InChI is InChI=1S/C21H24N4O3S/c1-23(15-25-18-4-2-3-5-19(18)28-21(25)29)14-20(26)22-16-6-8-17(9-7-16)24-10-12-27-13-11-24/h2-9H,10-15H2,1H3,(H,22,26). The van der Waals surface area contributed by atoms with Crippen LogP contribution in [-0.2, 0) is 16.2 Å². The highest BCUT2D eigenvalue weighted by Crippen LogP contribution is 2.19. The van der Waals surface area contributed by atoms with Crippen molar-refractivity contribution in [3.8, 4) is 0 Å². The Kier molecular flexibility index (Phi) is 5.94. The molecule has 0 aliphatic carbocycles. The van der Waals surface area contributed by atoms with Crippen molar-refractivity contribution in [3.05, 3.63) is 53.4 Å². The Hall–Kier alpha value is -2.68. The van der Waals surface area contributed by atoms with Gasteiger partial charge in [-0.1, -0.05) is 12.1 Å². The molecule has 0 spiro atoms. The molecule has 3 aromatic rings. The van der Waals surface area contributed by atoms with E-state index in [0.29, 0.717) is 11.5 Å². The molecule has 4 rings (SSSR count). The Bertz CT molecular complexity index is 1040. The predicted octanol–water partition coefficient (Wildman–Crippen LogP) is 3.33. The summed E-state index contributed by atoms with van der Waals surface area (Å²) in [6, 6.07) is 15.6. The third-order valence-electron chi connectivity index (χ3n) is 4.90. The quantitative estimate of drug-likeness (QED) is 0.627. The lowest BCUT2D eigenvalue weighted by atomic mass is 10.2. The number of nitrogens with one attached hydrogen (secondary N) is 1. The van der Waals surface area contributed by atoms with E-state index in [2.05, 4.69) is 10.2 Å². The molecule has 1 aliphatic heterocycles. The second-order valence-corrected chi connectivity index (χ2v) is 7.46. The van der Waals surface area contributed by atoms with E-state index in [1.807, 2.05) is 65.0 Å². The number of para-hydroxylation sites is 2. The average Bonchev–Trinajstić information content (AvgIpc) is 3.04. The van der Waals surface area contributed by atoms with Crippen LogP contribution in [0.5, 0.6) is 0 Å². The molecule has 1 amide bonds. The number of aromatic nitrogens is 1. The van der Waals surface area contributed by atoms with E-state index in [1.165, 1.54) is 0 Å². The van der Waals surface area contributed by atoms with E-state index in [0.717, 1.165) is 48.8 Å². The Labute approximate surface area is 174 Å². The van der Waals surface area contributed by atoms with E-state index < -0.39 is 0 Å². The maximum absolute atomic E-state index is 12.4. The molecule has 1 saturated heterocycles. The Morgan fingerprint density at radius 2 is 1.86 bits per heavy atom. The number of carbonyl (C=O) groups excluding carboxylic acids is 1. The van der Waals surface area contributed by atoms with E-state index in [4.69, 9.17) is 21.4 Å². The molecule has 7 nitrogen and oxygen atoms in total. The van der Waals surface area contributed by atoms with E-state index >= 15 is 0 Å². The zero-order chi connectivity index (χ0) is 20.2. The van der Waals surface area contributed by atoms with Gasteiger partial charge in [-0.15, -0.1) is 0 Å². The van der Waals surface area contributed by atoms with E-state index in [-0.39, 0.29) is 12.5 Å². The summed E-state index contributed by atoms with van der Waals surface area (Å²) in [6.45, 7) is 4.00. The van der Waals surface area contributed by atoms with Gasteiger partial charge in [0.25, 0.3) is 4.84 Å². The molecule has 1 aromatic heterocycles. The van der Waals surface area contributed by atoms with Crippen molar-refractivity contribution in [2.45, 2.75) is 6.67 Å². The SMILES string of the molecule is CN(CC(=O)Nc1ccc(N2CCOCC2)cc1)Cn1c(=S)oc2ccccc21. The zero-order valence-electron chi connectivity index (χ0n) is 16.3. The van der Waals surface area contributed by atoms with Crippen LogP contribution in [0.25, 0.3) is 11.1 Å². The van der Waals surface area contributed by atoms with Crippen LogP contribution in [0.2, 0.25) is 0 Å². The summed E-state index contributed by atoms with van der Waals surface area (Å²) < 4.78 is 12.9. The van der Waals surface area contributed by atoms with Gasteiger partial charge < -0.3 is 19.4 Å². The number of fused-ring (bicyclic) bond motifs is 1. The fourth-order valence-corrected chi connectivity index (χ4v) is 3.71. The molecule has 0 radical (unpaired) electrons. The van der Waals surface area contributed by atoms with Crippen molar-refractivity contribution in [2.24, 2.45) is 0 Å². The Morgan fingerprint density at radius 1 is 1.14 bits per heavy atom. The molecule has 2 heterocycles. The molecular weight excluding hydrogens is 388 g/mol. The van der Waals surface area contributed by atoms with Crippen molar-refractivity contribution >= 4 is 40.6 Å². The molecule has 1 aliphatic rings. The number of morpholine rings is 1. The number of amides is 1. The summed E-state index contributed by atoms with van der Waals surface area (Å²) in [6.07, 6.45) is 0. The molecule has 0 saturated carbocycles. The first-order valence-electron chi connectivity index (χ1n) is 9.60. The normalized spacial score (nSPS) is 14.5. The number of oxazole rings is 1. The van der Waals surface area contributed by atoms with Gasteiger partial charge in [-0.2, -0.15) is 0 Å². The van der Waals surface area contributed by atoms with Gasteiger partial charge in [0.2, 0.25) is 5.91 Å². The Balaban J connectivity index is 1.34. The average molecular weight is 413 g/mol. The highest BCUT2D eigenvalue weighted by atomic mass is 32.1. The lowest BCUT2D eigenvalue weighted by molar-refractivity contribution is -0.117. The summed E-state index contributed by atoms with van der Waals surface area (Å²) in [7, 11) is 1.88. The van der Waals surface area contributed by atoms with Gasteiger partial charge >= 0.3 is 0 Å². The van der Waals surface area contributed by atoms with Crippen LogP contribution >= 0.6 is 12.2 Å². The number of benzene rings is 2. The van der Waals surface area contributed by atoms with Gasteiger partial charge in [0.15, 0.2) is 5.58 Å². The molecule has 2 aromatic carbocycles. The van der Waals surface area contributed by atoms with Crippen molar-refractivity contribution in [1.82, 2.24) is 9.47 Å². The number of nitrogens with zero attached hydrogens (tertiary/aromatic N) is 3. The summed E-state index contributed by atoms with van der Waals surface area (Å²) in [5.74, 6) is -0.0778. The van der Waals surface area contributed by atoms with Crippen LogP contribution in [0.4, 0.5) is 11.4 Å². The highest BCUT2D eigenvalue weighted by Gasteiger charge is 2.13. The topological polar surface area (TPSA) is 62.9 Å². The molecular formula is C21H24N4O3S. The molecule has 0 bridgehead atoms. The number of hydrogen-bond acceptors (Lipinski definition) is 6. The van der Waals surface area contributed by atoms with Gasteiger partial charge in [-0.25, -0.2) is 0 Å². The van der Waals surface area contributed by atoms with Crippen molar-refractivity contribution in [1.29, 1.82) is 0 Å². The third-order valence-corrected chi connectivity index (χ3v) is 5.20. The fourth-order valence-electron chi connectivity index (χ4n) is 3.46. The monoisotopic (exact) mass is 412 g/mol. The van der Waals surface area contributed by atoms with Crippen LogP contribution in [-0.4, -0.2) is 55.3 Å². The molecule has 1 N–H and O–H groups in total. The number of anilines is 2. The van der Waals surface area contributed by atoms with Gasteiger partial charge in [-0.05, 0) is 55.7 Å². The highest BCUT2D eigenvalue weighted by molar-refractivity contribution is 7.71. The third kappa shape index (κ3) is 4.67. The second kappa shape index (κ2) is 8.77. The van der Waals surface area contributed by atoms with Gasteiger partial charge in [-0.3, -0.25) is 14.3 Å². The first-order chi connectivity index (χ1) is 14.1. The van der Waals surface area contributed by atoms with Crippen LogP contribution in [0.15, 0.2) is 52.9 Å². The lowest BCUT2D eigenvalue weighted by Crippen LogP contribution is -2.36. The summed E-state index contributed by atoms with van der Waals surface area (Å²) in [4.78, 5) is 17.0. The van der Waals surface area contributed by atoms with Crippen molar-refractivity contribution in [2.75, 3.05) is 50.1 Å². The van der Waals surface area contributed by atoms with Crippen LogP contribution in [0, 0.1) is 4.84 Å². The first-order valence-corrected chi connectivity index (χ1v) is 10.0. The minimum Gasteiger partial charge on any atom is -0.429 e.